The van der Waals surface area contributed by atoms with Gasteiger partial charge in [0.05, 0.1) is 0 Å². The van der Waals surface area contributed by atoms with E-state index in [9.17, 15) is 9.59 Å². The largest absolute Gasteiger partial charge is 0.361 e. The minimum absolute atomic E-state index is 0.242. The van der Waals surface area contributed by atoms with E-state index in [1.807, 2.05) is 25.4 Å². The molecule has 32 heavy (non-hydrogen) atoms. The number of fused-ring (bicyclic) bond motifs is 2. The summed E-state index contributed by atoms with van der Waals surface area (Å²) in [5.41, 5.74) is 2.73. The molecule has 168 valence electrons. The molecule has 1 aliphatic rings. The fourth-order valence-electron chi connectivity index (χ4n) is 5.04. The Labute approximate surface area is 185 Å². The predicted octanol–water partition coefficient (Wildman–Crippen LogP) is 3.15. The second-order valence-corrected chi connectivity index (χ2v) is 8.96. The Balaban J connectivity index is 1.41. The van der Waals surface area contributed by atoms with Crippen LogP contribution in [0.1, 0.15) is 37.7 Å². The molecular formula is C24H30N6O2. The van der Waals surface area contributed by atoms with Crippen LogP contribution >= 0.6 is 0 Å². The second-order valence-electron chi connectivity index (χ2n) is 8.96. The molecule has 0 bridgehead atoms. The van der Waals surface area contributed by atoms with Crippen LogP contribution in [-0.2, 0) is 27.1 Å². The number of anilines is 1. The van der Waals surface area contributed by atoms with Gasteiger partial charge in [-0.1, -0.05) is 37.5 Å². The van der Waals surface area contributed by atoms with Gasteiger partial charge in [-0.05, 0) is 36.8 Å². The molecule has 0 saturated heterocycles. The van der Waals surface area contributed by atoms with Crippen molar-refractivity contribution in [3.8, 4) is 0 Å². The zero-order valence-corrected chi connectivity index (χ0v) is 18.7. The van der Waals surface area contributed by atoms with Crippen molar-refractivity contribution >= 4 is 28.0 Å². The zero-order chi connectivity index (χ0) is 22.2. The van der Waals surface area contributed by atoms with E-state index in [-0.39, 0.29) is 11.2 Å². The molecule has 8 heteroatoms. The lowest BCUT2D eigenvalue weighted by atomic mass is 9.89. The monoisotopic (exact) mass is 434 g/mol. The van der Waals surface area contributed by atoms with E-state index < -0.39 is 0 Å². The van der Waals surface area contributed by atoms with Crippen LogP contribution in [0.25, 0.3) is 22.1 Å². The van der Waals surface area contributed by atoms with Crippen molar-refractivity contribution in [3.05, 3.63) is 56.9 Å². The molecular weight excluding hydrogens is 404 g/mol. The highest BCUT2D eigenvalue weighted by atomic mass is 16.2. The maximum atomic E-state index is 13.3. The quantitative estimate of drug-likeness (QED) is 0.488. The average Bonchev–Trinajstić information content (AvgIpc) is 3.37. The van der Waals surface area contributed by atoms with E-state index in [1.54, 1.807) is 11.6 Å². The number of imidazole rings is 1. The first kappa shape index (κ1) is 20.6. The number of nitrogens with zero attached hydrogens (tertiary/aromatic N) is 4. The minimum atomic E-state index is -0.281. The third-order valence-electron chi connectivity index (χ3n) is 6.88. The van der Waals surface area contributed by atoms with E-state index in [0.717, 1.165) is 24.8 Å². The van der Waals surface area contributed by atoms with Gasteiger partial charge in [-0.3, -0.25) is 13.9 Å². The number of benzene rings is 1. The molecule has 2 N–H and O–H groups in total. The van der Waals surface area contributed by atoms with Crippen molar-refractivity contribution in [2.75, 3.05) is 11.9 Å². The van der Waals surface area contributed by atoms with Gasteiger partial charge in [0.15, 0.2) is 11.2 Å². The van der Waals surface area contributed by atoms with Crippen molar-refractivity contribution in [3.63, 3.8) is 0 Å². The third-order valence-corrected chi connectivity index (χ3v) is 6.88. The van der Waals surface area contributed by atoms with Crippen LogP contribution in [0.5, 0.6) is 0 Å². The number of nitrogens with one attached hydrogen (secondary N) is 2. The van der Waals surface area contributed by atoms with Gasteiger partial charge in [0, 0.05) is 44.3 Å². The highest BCUT2D eigenvalue weighted by Crippen LogP contribution is 2.24. The predicted molar refractivity (Wildman–Crippen MR) is 127 cm³/mol. The van der Waals surface area contributed by atoms with Gasteiger partial charge in [-0.15, -0.1) is 0 Å². The zero-order valence-electron chi connectivity index (χ0n) is 18.7. The van der Waals surface area contributed by atoms with E-state index in [2.05, 4.69) is 27.4 Å². The molecule has 0 atom stereocenters. The van der Waals surface area contributed by atoms with Gasteiger partial charge in [0.1, 0.15) is 0 Å². The fraction of sp³-hybridized carbons (Fsp3) is 0.458. The van der Waals surface area contributed by atoms with Gasteiger partial charge in [0.25, 0.3) is 5.56 Å². The molecule has 0 unspecified atom stereocenters. The summed E-state index contributed by atoms with van der Waals surface area (Å²) in [7, 11) is 3.53. The molecule has 0 amide bonds. The summed E-state index contributed by atoms with van der Waals surface area (Å²) in [6.07, 6.45) is 8.63. The fourth-order valence-corrected chi connectivity index (χ4v) is 5.04. The standard InChI is InChI=1S/C24H30N6O2/c1-28-20-21(29(2)24(32)30(22(20)31)15-16-8-4-3-5-9-16)27-23(28)25-13-12-17-14-26-19-11-7-6-10-18(17)19/h6-7,10-11,14,16,26H,3-5,8-9,12-13,15H2,1-2H3,(H,25,27). The van der Waals surface area contributed by atoms with Crippen LogP contribution in [0, 0.1) is 5.92 Å². The summed E-state index contributed by atoms with van der Waals surface area (Å²) in [5, 5.41) is 4.57. The van der Waals surface area contributed by atoms with Gasteiger partial charge in [-0.25, -0.2) is 4.79 Å². The molecule has 1 saturated carbocycles. The number of aryl methyl sites for hydroxylation is 2. The SMILES string of the molecule is Cn1c(NCCc2c[nH]c3ccccc23)nc2c1c(=O)n(CC1CCCCC1)c(=O)n2C. The number of hydrogen-bond acceptors (Lipinski definition) is 4. The lowest BCUT2D eigenvalue weighted by Crippen LogP contribution is -2.41. The van der Waals surface area contributed by atoms with E-state index in [4.69, 9.17) is 0 Å². The molecule has 3 aromatic heterocycles. The Kier molecular flexibility index (Phi) is 5.36. The molecule has 1 aliphatic carbocycles. The lowest BCUT2D eigenvalue weighted by molar-refractivity contribution is 0.310. The Morgan fingerprint density at radius 1 is 1.09 bits per heavy atom. The first-order chi connectivity index (χ1) is 15.5. The maximum Gasteiger partial charge on any atom is 0.332 e. The topological polar surface area (TPSA) is 89.6 Å². The van der Waals surface area contributed by atoms with Crippen LogP contribution in [0.4, 0.5) is 5.95 Å². The van der Waals surface area contributed by atoms with Gasteiger partial charge in [-0.2, -0.15) is 4.98 Å². The normalized spacial score (nSPS) is 15.1. The van der Waals surface area contributed by atoms with Crippen molar-refractivity contribution in [1.29, 1.82) is 0 Å². The minimum Gasteiger partial charge on any atom is -0.361 e. The number of para-hydroxylation sites is 1. The average molecular weight is 435 g/mol. The lowest BCUT2D eigenvalue weighted by Gasteiger charge is -2.22. The molecule has 0 radical (unpaired) electrons. The summed E-state index contributed by atoms with van der Waals surface area (Å²) in [6, 6.07) is 8.24. The number of rotatable bonds is 6. The van der Waals surface area contributed by atoms with Gasteiger partial charge < -0.3 is 14.9 Å². The molecule has 0 aliphatic heterocycles. The summed E-state index contributed by atoms with van der Waals surface area (Å²) >= 11 is 0. The number of aromatic nitrogens is 5. The Morgan fingerprint density at radius 2 is 1.88 bits per heavy atom. The first-order valence-corrected chi connectivity index (χ1v) is 11.5. The Bertz CT molecular complexity index is 1380. The Morgan fingerprint density at radius 3 is 2.69 bits per heavy atom. The van der Waals surface area contributed by atoms with Crippen LogP contribution < -0.4 is 16.6 Å². The van der Waals surface area contributed by atoms with E-state index in [1.165, 1.54) is 39.3 Å². The molecule has 4 aromatic rings. The molecule has 1 aromatic carbocycles. The van der Waals surface area contributed by atoms with Crippen LogP contribution in [-0.4, -0.2) is 30.2 Å². The molecule has 5 rings (SSSR count). The summed E-state index contributed by atoms with van der Waals surface area (Å²) in [6.45, 7) is 1.17. The molecule has 3 heterocycles. The van der Waals surface area contributed by atoms with E-state index in [0.29, 0.717) is 36.1 Å². The smallest absolute Gasteiger partial charge is 0.332 e. The van der Waals surface area contributed by atoms with Crippen LogP contribution in [0.15, 0.2) is 40.1 Å². The van der Waals surface area contributed by atoms with Gasteiger partial charge in [0.2, 0.25) is 5.95 Å². The van der Waals surface area contributed by atoms with Crippen molar-refractivity contribution in [2.45, 2.75) is 45.1 Å². The molecule has 0 spiro atoms. The third kappa shape index (κ3) is 3.53. The number of aromatic amines is 1. The highest BCUT2D eigenvalue weighted by molar-refractivity contribution is 5.83. The van der Waals surface area contributed by atoms with Crippen molar-refractivity contribution in [2.24, 2.45) is 20.0 Å². The summed E-state index contributed by atoms with van der Waals surface area (Å²) in [4.78, 5) is 34.1. The molecule has 1 fully saturated rings. The number of hydrogen-bond donors (Lipinski definition) is 2. The first-order valence-electron chi connectivity index (χ1n) is 11.5. The number of H-pyrrole nitrogens is 1. The highest BCUT2D eigenvalue weighted by Gasteiger charge is 2.21. The van der Waals surface area contributed by atoms with Crippen LogP contribution in [0.3, 0.4) is 0 Å². The van der Waals surface area contributed by atoms with Crippen LogP contribution in [0.2, 0.25) is 0 Å². The van der Waals surface area contributed by atoms with Gasteiger partial charge >= 0.3 is 5.69 Å². The second kappa shape index (κ2) is 8.33. The Hall–Kier alpha value is -3.29. The molecule has 8 nitrogen and oxygen atoms in total. The van der Waals surface area contributed by atoms with E-state index >= 15 is 0 Å². The van der Waals surface area contributed by atoms with Crippen molar-refractivity contribution < 1.29 is 0 Å². The summed E-state index contributed by atoms with van der Waals surface area (Å²) < 4.78 is 4.70. The maximum absolute atomic E-state index is 13.3. The van der Waals surface area contributed by atoms with Crippen molar-refractivity contribution in [1.82, 2.24) is 23.7 Å². The summed E-state index contributed by atoms with van der Waals surface area (Å²) in [5.74, 6) is 0.996.